The van der Waals surface area contributed by atoms with Crippen molar-refractivity contribution >= 4 is 29.3 Å². The number of hydrogen-bond acceptors (Lipinski definition) is 7. The van der Waals surface area contributed by atoms with Gasteiger partial charge >= 0.3 is 5.97 Å². The summed E-state index contributed by atoms with van der Waals surface area (Å²) >= 11 is 6.47. The fraction of sp³-hybridized carbons (Fsp3) is 0.258. The third-order valence-electron chi connectivity index (χ3n) is 6.83. The number of methoxy groups -OCH3 is 2. The molecule has 5 rings (SSSR count). The zero-order valence-electron chi connectivity index (χ0n) is 22.9. The molecular formula is C31H30ClN3O6. The van der Waals surface area contributed by atoms with Crippen LogP contribution in [0.15, 0.2) is 73.1 Å². The molecule has 2 atom stereocenters. The number of para-hydroxylation sites is 1. The summed E-state index contributed by atoms with van der Waals surface area (Å²) in [5, 5.41) is 3.35. The van der Waals surface area contributed by atoms with Crippen LogP contribution in [-0.4, -0.2) is 42.3 Å². The number of nitrogens with one attached hydrogen (secondary N) is 1. The Morgan fingerprint density at radius 1 is 1.05 bits per heavy atom. The number of esters is 1. The number of fused-ring (bicyclic) bond motifs is 3. The van der Waals surface area contributed by atoms with E-state index in [0.717, 1.165) is 22.5 Å². The fourth-order valence-electron chi connectivity index (χ4n) is 5.02. The Hall–Kier alpha value is -4.34. The largest absolute Gasteiger partial charge is 0.493 e. The number of rotatable bonds is 9. The quantitative estimate of drug-likeness (QED) is 0.234. The third kappa shape index (κ3) is 5.91. The topological polar surface area (TPSA) is 101 Å². The maximum absolute atomic E-state index is 13.0. The van der Waals surface area contributed by atoms with Gasteiger partial charge in [0.25, 0.3) is 0 Å². The standard InChI is InChI=1S/C31H30ClN3O6/c1-4-40-31(37)19-14-15-33-27(17-19)34-28(36)13-12-25-24-8-6-16-35(24)23-11-10-20(32)18-22(23)29(41-25)21-7-5-9-26(38-2)30(21)39-3/h5-11,14-18,25,29H,4,12-13H2,1-3H3,(H,33,34,36)/t25-,29-/m1/s1. The molecule has 9 nitrogen and oxygen atoms in total. The van der Waals surface area contributed by atoms with E-state index in [1.165, 1.54) is 18.3 Å². The number of halogens is 1. The first-order valence-corrected chi connectivity index (χ1v) is 13.6. The molecule has 0 radical (unpaired) electrons. The monoisotopic (exact) mass is 575 g/mol. The minimum atomic E-state index is -0.565. The molecule has 0 fully saturated rings. The number of pyridine rings is 1. The number of ether oxygens (including phenoxy) is 4. The van der Waals surface area contributed by atoms with Crippen LogP contribution in [0.5, 0.6) is 11.5 Å². The number of nitrogens with zero attached hydrogens (tertiary/aromatic N) is 2. The van der Waals surface area contributed by atoms with E-state index < -0.39 is 18.2 Å². The lowest BCUT2D eigenvalue weighted by atomic mass is 9.98. The van der Waals surface area contributed by atoms with E-state index in [1.807, 2.05) is 54.7 Å². The Kier molecular flexibility index (Phi) is 8.56. The number of amides is 1. The molecule has 212 valence electrons. The molecule has 0 unspecified atom stereocenters. The summed E-state index contributed by atoms with van der Waals surface area (Å²) in [7, 11) is 3.18. The SMILES string of the molecule is CCOC(=O)c1ccnc(NC(=O)CC[C@H]2O[C@H](c3cccc(OC)c3OC)c3cc(Cl)ccc3-n3cccc32)c1. The Morgan fingerprint density at radius 3 is 2.68 bits per heavy atom. The minimum absolute atomic E-state index is 0.139. The summed E-state index contributed by atoms with van der Waals surface area (Å²) in [5.41, 5.74) is 3.75. The average molecular weight is 576 g/mol. The lowest BCUT2D eigenvalue weighted by molar-refractivity contribution is -0.117. The molecule has 41 heavy (non-hydrogen) atoms. The first-order valence-electron chi connectivity index (χ1n) is 13.2. The number of hydrogen-bond donors (Lipinski definition) is 1. The van der Waals surface area contributed by atoms with Crippen LogP contribution in [0.3, 0.4) is 0 Å². The molecule has 0 aliphatic carbocycles. The summed E-state index contributed by atoms with van der Waals surface area (Å²) in [6.45, 7) is 1.99. The fourth-order valence-corrected chi connectivity index (χ4v) is 5.20. The smallest absolute Gasteiger partial charge is 0.338 e. The molecule has 1 aliphatic heterocycles. The molecule has 0 saturated carbocycles. The number of aromatic nitrogens is 2. The second-order valence-corrected chi connectivity index (χ2v) is 9.77. The van der Waals surface area contributed by atoms with Gasteiger partial charge in [-0.3, -0.25) is 4.79 Å². The van der Waals surface area contributed by atoms with Crippen molar-refractivity contribution in [2.45, 2.75) is 32.0 Å². The van der Waals surface area contributed by atoms with Crippen molar-refractivity contribution in [1.29, 1.82) is 0 Å². The van der Waals surface area contributed by atoms with Crippen LogP contribution in [0.4, 0.5) is 5.82 Å². The Bertz CT molecular complexity index is 1570. The normalized spacial score (nSPS) is 15.7. The Balaban J connectivity index is 1.44. The van der Waals surface area contributed by atoms with Crippen molar-refractivity contribution in [3.63, 3.8) is 0 Å². The maximum atomic E-state index is 13.0. The first-order chi connectivity index (χ1) is 19.9. The van der Waals surface area contributed by atoms with Gasteiger partial charge in [0.2, 0.25) is 5.91 Å². The highest BCUT2D eigenvalue weighted by atomic mass is 35.5. The molecule has 1 amide bonds. The van der Waals surface area contributed by atoms with Crippen molar-refractivity contribution in [3.05, 3.63) is 100 Å². The molecule has 10 heteroatoms. The zero-order chi connectivity index (χ0) is 28.9. The highest BCUT2D eigenvalue weighted by molar-refractivity contribution is 6.30. The number of anilines is 1. The lowest BCUT2D eigenvalue weighted by Crippen LogP contribution is -2.17. The van der Waals surface area contributed by atoms with Gasteiger partial charge in [-0.2, -0.15) is 0 Å². The molecule has 1 aliphatic rings. The average Bonchev–Trinajstić information content (AvgIpc) is 3.42. The molecule has 0 saturated heterocycles. The van der Waals surface area contributed by atoms with E-state index in [2.05, 4.69) is 14.9 Å². The third-order valence-corrected chi connectivity index (χ3v) is 7.07. The van der Waals surface area contributed by atoms with Crippen LogP contribution in [-0.2, 0) is 14.3 Å². The molecule has 2 aromatic heterocycles. The Labute approximate surface area is 243 Å². The van der Waals surface area contributed by atoms with E-state index >= 15 is 0 Å². The van der Waals surface area contributed by atoms with Gasteiger partial charge in [-0.05, 0) is 61.9 Å². The van der Waals surface area contributed by atoms with Crippen LogP contribution < -0.4 is 14.8 Å². The Morgan fingerprint density at radius 2 is 1.90 bits per heavy atom. The van der Waals surface area contributed by atoms with Crippen molar-refractivity contribution < 1.29 is 28.5 Å². The predicted molar refractivity (Wildman–Crippen MR) is 154 cm³/mol. The van der Waals surface area contributed by atoms with E-state index in [4.69, 9.17) is 30.5 Å². The second kappa shape index (κ2) is 12.4. The zero-order valence-corrected chi connectivity index (χ0v) is 23.7. The molecule has 0 bridgehead atoms. The van der Waals surface area contributed by atoms with Crippen LogP contribution >= 0.6 is 11.6 Å². The highest BCUT2D eigenvalue weighted by Gasteiger charge is 2.33. The minimum Gasteiger partial charge on any atom is -0.493 e. The van der Waals surface area contributed by atoms with Gasteiger partial charge < -0.3 is 28.8 Å². The number of carbonyl (C=O) groups excluding carboxylic acids is 2. The van der Waals surface area contributed by atoms with Crippen LogP contribution in [0, 0.1) is 0 Å². The number of carbonyl (C=O) groups is 2. The van der Waals surface area contributed by atoms with Crippen LogP contribution in [0.1, 0.15) is 59.2 Å². The second-order valence-electron chi connectivity index (χ2n) is 9.33. The summed E-state index contributed by atoms with van der Waals surface area (Å²) < 4.78 is 25.2. The summed E-state index contributed by atoms with van der Waals surface area (Å²) in [4.78, 5) is 29.3. The lowest BCUT2D eigenvalue weighted by Gasteiger charge is -2.25. The van der Waals surface area contributed by atoms with Crippen molar-refractivity contribution in [1.82, 2.24) is 9.55 Å². The first kappa shape index (κ1) is 28.2. The molecule has 4 aromatic rings. The van der Waals surface area contributed by atoms with E-state index in [0.29, 0.717) is 28.5 Å². The van der Waals surface area contributed by atoms with Gasteiger partial charge in [0.15, 0.2) is 11.5 Å². The van der Waals surface area contributed by atoms with Gasteiger partial charge in [-0.15, -0.1) is 0 Å². The molecule has 3 heterocycles. The highest BCUT2D eigenvalue weighted by Crippen LogP contribution is 2.46. The van der Waals surface area contributed by atoms with Gasteiger partial charge in [-0.25, -0.2) is 9.78 Å². The van der Waals surface area contributed by atoms with Crippen LogP contribution in [0.2, 0.25) is 5.02 Å². The van der Waals surface area contributed by atoms with Gasteiger partial charge in [0, 0.05) is 35.0 Å². The molecule has 0 spiro atoms. The summed E-state index contributed by atoms with van der Waals surface area (Å²) in [5.74, 6) is 0.667. The number of benzene rings is 2. The van der Waals surface area contributed by atoms with Crippen molar-refractivity contribution in [2.75, 3.05) is 26.1 Å². The van der Waals surface area contributed by atoms with Crippen molar-refractivity contribution in [2.24, 2.45) is 0 Å². The predicted octanol–water partition coefficient (Wildman–Crippen LogP) is 6.30. The maximum Gasteiger partial charge on any atom is 0.338 e. The van der Waals surface area contributed by atoms with Crippen LogP contribution in [0.25, 0.3) is 5.69 Å². The van der Waals surface area contributed by atoms with Gasteiger partial charge in [0.1, 0.15) is 11.9 Å². The van der Waals surface area contributed by atoms with Gasteiger partial charge in [0.05, 0.1) is 43.9 Å². The van der Waals surface area contributed by atoms with Gasteiger partial charge in [-0.1, -0.05) is 23.7 Å². The van der Waals surface area contributed by atoms with E-state index in [9.17, 15) is 9.59 Å². The molecular weight excluding hydrogens is 546 g/mol. The summed E-state index contributed by atoms with van der Waals surface area (Å²) in [6.07, 6.45) is 2.91. The summed E-state index contributed by atoms with van der Waals surface area (Å²) in [6, 6.07) is 18.3. The van der Waals surface area contributed by atoms with Crippen molar-refractivity contribution in [3.8, 4) is 17.2 Å². The molecule has 2 aromatic carbocycles. The van der Waals surface area contributed by atoms with E-state index in [1.54, 1.807) is 21.1 Å². The molecule has 1 N–H and O–H groups in total. The van der Waals surface area contributed by atoms with E-state index in [-0.39, 0.29) is 24.8 Å².